The summed E-state index contributed by atoms with van der Waals surface area (Å²) in [5.74, 6) is -2.02. The molecule has 3 atom stereocenters. The van der Waals surface area contributed by atoms with Gasteiger partial charge in [0.15, 0.2) is 0 Å². The average Bonchev–Trinajstić information content (AvgIpc) is 3.31. The van der Waals surface area contributed by atoms with E-state index >= 15 is 0 Å². The van der Waals surface area contributed by atoms with Gasteiger partial charge in [0.05, 0.1) is 30.3 Å². The molecule has 1 saturated heterocycles. The van der Waals surface area contributed by atoms with Gasteiger partial charge in [-0.15, -0.1) is 0 Å². The second-order valence-electron chi connectivity index (χ2n) is 8.20. The van der Waals surface area contributed by atoms with Crippen molar-refractivity contribution in [1.29, 1.82) is 0 Å². The van der Waals surface area contributed by atoms with Gasteiger partial charge in [-0.3, -0.25) is 23.7 Å². The first-order valence-electron chi connectivity index (χ1n) is 11.2. The van der Waals surface area contributed by atoms with Gasteiger partial charge in [-0.05, 0) is 37.3 Å². The lowest BCUT2D eigenvalue weighted by Crippen LogP contribution is -2.33. The smallest absolute Gasteiger partial charge is 0.326 e. The van der Waals surface area contributed by atoms with Crippen LogP contribution in [0.25, 0.3) is 0 Å². The molecule has 186 valence electrons. The van der Waals surface area contributed by atoms with Crippen LogP contribution in [-0.2, 0) is 25.7 Å². The summed E-state index contributed by atoms with van der Waals surface area (Å²) in [4.78, 5) is 54.4. The van der Waals surface area contributed by atoms with Crippen molar-refractivity contribution >= 4 is 62.5 Å². The van der Waals surface area contributed by atoms with Crippen molar-refractivity contribution in [2.24, 2.45) is 5.92 Å². The number of thioether (sulfide) groups is 1. The molecule has 0 N–H and O–H groups in total. The maximum Gasteiger partial charge on any atom is 0.326 e. The van der Waals surface area contributed by atoms with Gasteiger partial charge in [0.2, 0.25) is 11.8 Å². The summed E-state index contributed by atoms with van der Waals surface area (Å²) in [6.45, 7) is 1.62. The first-order chi connectivity index (χ1) is 17.3. The Bertz CT molecular complexity index is 1420. The van der Waals surface area contributed by atoms with Crippen molar-refractivity contribution in [3.05, 3.63) is 73.1 Å². The number of fused-ring (bicyclic) bond motifs is 2. The number of hydrogen-bond donors (Lipinski definition) is 0. The summed E-state index contributed by atoms with van der Waals surface area (Å²) in [6.07, 6.45) is 0. The minimum atomic E-state index is -0.772. The molecule has 3 heterocycles. The number of amides is 2. The topological polar surface area (TPSA) is 94.9 Å². The predicted octanol–water partition coefficient (Wildman–Crippen LogP) is 4.04. The van der Waals surface area contributed by atoms with E-state index in [0.29, 0.717) is 26.9 Å². The number of rotatable bonds is 6. The summed E-state index contributed by atoms with van der Waals surface area (Å²) in [7, 11) is 1.54. The van der Waals surface area contributed by atoms with Crippen LogP contribution in [0.3, 0.4) is 0 Å². The number of nitrogens with zero attached hydrogens (tertiary/aromatic N) is 2. The number of thiazole rings is 1. The second-order valence-corrected chi connectivity index (χ2v) is 11.2. The fraction of sp³-hybridized carbons (Fsp3) is 0.280. The van der Waals surface area contributed by atoms with Gasteiger partial charge in [0, 0.05) is 20.8 Å². The van der Waals surface area contributed by atoms with E-state index in [2.05, 4.69) is 15.9 Å². The lowest BCUT2D eigenvalue weighted by molar-refractivity contribution is -0.144. The molecular formula is C25H21BrN2O6S2. The van der Waals surface area contributed by atoms with Gasteiger partial charge in [-0.1, -0.05) is 57.2 Å². The summed E-state index contributed by atoms with van der Waals surface area (Å²) in [6, 6.07) is 14.3. The Morgan fingerprint density at radius 3 is 2.47 bits per heavy atom. The van der Waals surface area contributed by atoms with Crippen LogP contribution >= 0.6 is 39.0 Å². The first-order valence-corrected chi connectivity index (χ1v) is 13.7. The zero-order chi connectivity index (χ0) is 25.6. The third-order valence-corrected chi connectivity index (χ3v) is 9.33. The van der Waals surface area contributed by atoms with Crippen molar-refractivity contribution in [3.63, 3.8) is 0 Å². The van der Waals surface area contributed by atoms with Crippen LogP contribution in [0.2, 0.25) is 0 Å². The highest BCUT2D eigenvalue weighted by Crippen LogP contribution is 2.55. The molecule has 36 heavy (non-hydrogen) atoms. The number of benzene rings is 2. The van der Waals surface area contributed by atoms with E-state index in [9.17, 15) is 19.2 Å². The molecule has 2 aliphatic heterocycles. The number of hydrogen-bond acceptors (Lipinski definition) is 8. The summed E-state index contributed by atoms with van der Waals surface area (Å²) >= 11 is 5.53. The minimum Gasteiger partial charge on any atom is -0.496 e. The van der Waals surface area contributed by atoms with Crippen LogP contribution in [0, 0.1) is 5.92 Å². The third kappa shape index (κ3) is 4.08. The fourth-order valence-corrected chi connectivity index (χ4v) is 7.72. The van der Waals surface area contributed by atoms with E-state index in [1.165, 1.54) is 9.47 Å². The highest BCUT2D eigenvalue weighted by Gasteiger charge is 2.57. The molecule has 1 fully saturated rings. The molecule has 0 spiro atoms. The van der Waals surface area contributed by atoms with E-state index in [-0.39, 0.29) is 29.8 Å². The molecule has 0 aliphatic carbocycles. The standard InChI is InChI=1S/C25H21BrN2O6S2/c1-3-34-17(29)12-27-24-21(36-25(27)32)18(15-6-4-5-7-16(15)33-2)19-20(35-24)23(31)28(22(19)30)14-10-8-13(26)9-11-14/h4-11,18-20H,3,12H2,1-2H3/t18-,19-,20+/m0/s1. The lowest BCUT2D eigenvalue weighted by Gasteiger charge is -2.31. The van der Waals surface area contributed by atoms with E-state index < -0.39 is 23.1 Å². The normalized spacial score (nSPS) is 20.8. The molecule has 0 saturated carbocycles. The largest absolute Gasteiger partial charge is 0.496 e. The van der Waals surface area contributed by atoms with Crippen LogP contribution in [-0.4, -0.2) is 41.3 Å². The summed E-state index contributed by atoms with van der Waals surface area (Å²) < 4.78 is 12.8. The first kappa shape index (κ1) is 24.8. The van der Waals surface area contributed by atoms with E-state index in [1.54, 1.807) is 44.4 Å². The molecular weight excluding hydrogens is 568 g/mol. The number of halogens is 1. The highest BCUT2D eigenvalue weighted by molar-refractivity contribution is 9.10. The fourth-order valence-electron chi connectivity index (χ4n) is 4.69. The van der Waals surface area contributed by atoms with Gasteiger partial charge in [0.25, 0.3) is 0 Å². The summed E-state index contributed by atoms with van der Waals surface area (Å²) in [5.41, 5.74) is 1.19. The Morgan fingerprint density at radius 2 is 1.78 bits per heavy atom. The van der Waals surface area contributed by atoms with Crippen molar-refractivity contribution in [1.82, 2.24) is 4.57 Å². The van der Waals surface area contributed by atoms with Crippen LogP contribution in [0.5, 0.6) is 5.75 Å². The van der Waals surface area contributed by atoms with Crippen LogP contribution < -0.4 is 14.5 Å². The predicted molar refractivity (Wildman–Crippen MR) is 140 cm³/mol. The lowest BCUT2D eigenvalue weighted by atomic mass is 9.82. The van der Waals surface area contributed by atoms with Gasteiger partial charge < -0.3 is 9.47 Å². The number of esters is 1. The number of para-hydroxylation sites is 1. The van der Waals surface area contributed by atoms with Crippen molar-refractivity contribution in [3.8, 4) is 5.75 Å². The molecule has 11 heteroatoms. The van der Waals surface area contributed by atoms with Crippen molar-refractivity contribution < 1.29 is 23.9 Å². The SMILES string of the molecule is CCOC(=O)Cn1c2c(sc1=O)[C@@H](c1ccccc1OC)[C@@H]1C(=O)N(c3ccc(Br)cc3)C(=O)[C@@H]1S2. The minimum absolute atomic E-state index is 0.191. The number of imide groups is 1. The van der Waals surface area contributed by atoms with Gasteiger partial charge in [0.1, 0.15) is 17.5 Å². The van der Waals surface area contributed by atoms with Crippen molar-refractivity contribution in [2.75, 3.05) is 18.6 Å². The van der Waals surface area contributed by atoms with Gasteiger partial charge in [-0.25, -0.2) is 4.90 Å². The molecule has 2 amide bonds. The quantitative estimate of drug-likeness (QED) is 0.317. The highest BCUT2D eigenvalue weighted by atomic mass is 79.9. The molecule has 0 radical (unpaired) electrons. The Kier molecular flexibility index (Phi) is 6.80. The Hall–Kier alpha value is -2.89. The monoisotopic (exact) mass is 588 g/mol. The van der Waals surface area contributed by atoms with Gasteiger partial charge >= 0.3 is 10.8 Å². The molecule has 0 unspecified atom stereocenters. The number of carbonyl (C=O) groups is 3. The molecule has 3 aromatic rings. The molecule has 5 rings (SSSR count). The number of ether oxygens (including phenoxy) is 2. The van der Waals surface area contributed by atoms with E-state index in [1.807, 2.05) is 18.2 Å². The molecule has 2 aromatic carbocycles. The zero-order valence-corrected chi connectivity index (χ0v) is 22.5. The Labute approximate surface area is 223 Å². The van der Waals surface area contributed by atoms with Crippen LogP contribution in [0.4, 0.5) is 5.69 Å². The zero-order valence-electron chi connectivity index (χ0n) is 19.3. The number of anilines is 1. The average molecular weight is 589 g/mol. The molecule has 1 aromatic heterocycles. The number of carbonyl (C=O) groups excluding carboxylic acids is 3. The number of methoxy groups -OCH3 is 1. The van der Waals surface area contributed by atoms with E-state index in [4.69, 9.17) is 9.47 Å². The Morgan fingerprint density at radius 1 is 1.06 bits per heavy atom. The third-order valence-electron chi connectivity index (χ3n) is 6.20. The number of aromatic nitrogens is 1. The van der Waals surface area contributed by atoms with Gasteiger partial charge in [-0.2, -0.15) is 0 Å². The molecule has 8 nitrogen and oxygen atoms in total. The molecule has 2 aliphatic rings. The summed E-state index contributed by atoms with van der Waals surface area (Å²) in [5, 5.41) is -0.264. The van der Waals surface area contributed by atoms with Crippen LogP contribution in [0.1, 0.15) is 23.3 Å². The van der Waals surface area contributed by atoms with Crippen molar-refractivity contribution in [2.45, 2.75) is 29.7 Å². The Balaban J connectivity index is 1.67. The van der Waals surface area contributed by atoms with Crippen LogP contribution in [0.15, 0.2) is 62.8 Å². The van der Waals surface area contributed by atoms with E-state index in [0.717, 1.165) is 27.6 Å². The maximum absolute atomic E-state index is 13.9. The second kappa shape index (κ2) is 9.87. The maximum atomic E-state index is 13.9. The molecule has 0 bridgehead atoms.